The second-order valence-corrected chi connectivity index (χ2v) is 6.12. The number of hydrogen-bond donors (Lipinski definition) is 1. The van der Waals surface area contributed by atoms with Gasteiger partial charge in [-0.05, 0) is 38.6 Å². The molecule has 0 aromatic carbocycles. The summed E-state index contributed by atoms with van der Waals surface area (Å²) < 4.78 is 5.47. The first-order chi connectivity index (χ1) is 8.57. The van der Waals surface area contributed by atoms with E-state index in [1.807, 2.05) is 4.90 Å². The lowest BCUT2D eigenvalue weighted by atomic mass is 9.88. The van der Waals surface area contributed by atoms with E-state index in [1.165, 1.54) is 0 Å². The zero-order valence-corrected chi connectivity index (χ0v) is 12.3. The number of likely N-dealkylation sites (N-methyl/N-ethyl adjacent to an activating group) is 1. The number of likely N-dealkylation sites (tertiary alicyclic amines) is 1. The summed E-state index contributed by atoms with van der Waals surface area (Å²) in [6, 6.07) is 0. The van der Waals surface area contributed by atoms with Gasteiger partial charge in [0.1, 0.15) is 0 Å². The lowest BCUT2D eigenvalue weighted by Crippen LogP contribution is -2.56. The molecule has 0 bridgehead atoms. The smallest absolute Gasteiger partial charge is 0.223 e. The standard InChI is InChI=1S/C13H24N2O2S/c1-14(2)13(3-5-17-6-4-13)10-15-8-11(9-18)7-12(15)16/h11,18H,3-10H2,1-2H3. The van der Waals surface area contributed by atoms with Crippen LogP contribution in [-0.4, -0.2) is 67.4 Å². The van der Waals surface area contributed by atoms with Crippen LogP contribution in [0.15, 0.2) is 0 Å². The van der Waals surface area contributed by atoms with Gasteiger partial charge in [-0.15, -0.1) is 0 Å². The number of amides is 1. The highest BCUT2D eigenvalue weighted by atomic mass is 32.1. The first-order valence-electron chi connectivity index (χ1n) is 6.71. The minimum Gasteiger partial charge on any atom is -0.381 e. The van der Waals surface area contributed by atoms with Gasteiger partial charge in [0.2, 0.25) is 5.91 Å². The van der Waals surface area contributed by atoms with Crippen molar-refractivity contribution in [3.05, 3.63) is 0 Å². The van der Waals surface area contributed by atoms with Gasteiger partial charge in [0, 0.05) is 38.3 Å². The molecule has 1 unspecified atom stereocenters. The molecule has 0 spiro atoms. The van der Waals surface area contributed by atoms with Crippen LogP contribution in [0.1, 0.15) is 19.3 Å². The van der Waals surface area contributed by atoms with Crippen molar-refractivity contribution in [2.75, 3.05) is 46.2 Å². The van der Waals surface area contributed by atoms with E-state index in [1.54, 1.807) is 0 Å². The normalized spacial score (nSPS) is 28.1. The van der Waals surface area contributed by atoms with Crippen LogP contribution in [-0.2, 0) is 9.53 Å². The van der Waals surface area contributed by atoms with E-state index >= 15 is 0 Å². The Bertz CT molecular complexity index is 303. The molecule has 18 heavy (non-hydrogen) atoms. The number of rotatable bonds is 4. The number of carbonyl (C=O) groups is 1. The molecule has 2 rings (SSSR count). The topological polar surface area (TPSA) is 32.8 Å². The van der Waals surface area contributed by atoms with Crippen LogP contribution in [0.3, 0.4) is 0 Å². The van der Waals surface area contributed by atoms with E-state index < -0.39 is 0 Å². The molecule has 0 N–H and O–H groups in total. The molecule has 0 aromatic rings. The average Bonchev–Trinajstić information content (AvgIpc) is 2.71. The molecule has 1 amide bonds. The molecule has 0 saturated carbocycles. The number of thiol groups is 1. The maximum Gasteiger partial charge on any atom is 0.223 e. The number of nitrogens with zero attached hydrogens (tertiary/aromatic N) is 2. The third-order valence-corrected chi connectivity index (χ3v) is 4.93. The van der Waals surface area contributed by atoms with Crippen LogP contribution in [0.2, 0.25) is 0 Å². The van der Waals surface area contributed by atoms with Crippen molar-refractivity contribution in [2.24, 2.45) is 5.92 Å². The Labute approximate surface area is 115 Å². The average molecular weight is 272 g/mol. The van der Waals surface area contributed by atoms with Crippen LogP contribution in [0, 0.1) is 5.92 Å². The van der Waals surface area contributed by atoms with Gasteiger partial charge in [-0.1, -0.05) is 0 Å². The molecule has 1 atom stereocenters. The van der Waals surface area contributed by atoms with Gasteiger partial charge < -0.3 is 14.5 Å². The van der Waals surface area contributed by atoms with Crippen molar-refractivity contribution >= 4 is 18.5 Å². The Morgan fingerprint density at radius 2 is 2.11 bits per heavy atom. The zero-order chi connectivity index (χ0) is 13.2. The summed E-state index contributed by atoms with van der Waals surface area (Å²) in [5, 5.41) is 0. The van der Waals surface area contributed by atoms with Gasteiger partial charge in [0.25, 0.3) is 0 Å². The third kappa shape index (κ3) is 2.83. The Hall–Kier alpha value is -0.260. The van der Waals surface area contributed by atoms with Crippen LogP contribution in [0.5, 0.6) is 0 Å². The Kier molecular flexibility index (Phi) is 4.56. The fraction of sp³-hybridized carbons (Fsp3) is 0.923. The Balaban J connectivity index is 2.03. The minimum absolute atomic E-state index is 0.0966. The second-order valence-electron chi connectivity index (χ2n) is 5.76. The molecule has 2 saturated heterocycles. The van der Waals surface area contributed by atoms with Gasteiger partial charge >= 0.3 is 0 Å². The van der Waals surface area contributed by atoms with E-state index in [9.17, 15) is 4.79 Å². The van der Waals surface area contributed by atoms with E-state index in [2.05, 4.69) is 31.6 Å². The van der Waals surface area contributed by atoms with Crippen molar-refractivity contribution < 1.29 is 9.53 Å². The Morgan fingerprint density at radius 3 is 2.61 bits per heavy atom. The largest absolute Gasteiger partial charge is 0.381 e. The van der Waals surface area contributed by atoms with Crippen LogP contribution < -0.4 is 0 Å². The molecule has 0 radical (unpaired) electrons. The highest BCUT2D eigenvalue weighted by Crippen LogP contribution is 2.30. The van der Waals surface area contributed by atoms with Crippen molar-refractivity contribution in [1.29, 1.82) is 0 Å². The van der Waals surface area contributed by atoms with Crippen LogP contribution in [0.25, 0.3) is 0 Å². The van der Waals surface area contributed by atoms with Crippen LogP contribution >= 0.6 is 12.6 Å². The minimum atomic E-state index is 0.0966. The molecule has 104 valence electrons. The lowest BCUT2D eigenvalue weighted by molar-refractivity contribution is -0.130. The molecule has 2 aliphatic heterocycles. The fourth-order valence-electron chi connectivity index (χ4n) is 2.98. The molecule has 0 aromatic heterocycles. The highest BCUT2D eigenvalue weighted by molar-refractivity contribution is 7.80. The third-order valence-electron chi connectivity index (χ3n) is 4.41. The highest BCUT2D eigenvalue weighted by Gasteiger charge is 2.40. The van der Waals surface area contributed by atoms with Gasteiger partial charge in [-0.25, -0.2) is 0 Å². The van der Waals surface area contributed by atoms with Crippen molar-refractivity contribution in [1.82, 2.24) is 9.80 Å². The molecule has 2 heterocycles. The lowest BCUT2D eigenvalue weighted by Gasteiger charge is -2.45. The predicted octanol–water partition coefficient (Wildman–Crippen LogP) is 0.875. The number of carbonyl (C=O) groups excluding carboxylic acids is 1. The van der Waals surface area contributed by atoms with Crippen molar-refractivity contribution in [3.8, 4) is 0 Å². The number of hydrogen-bond acceptors (Lipinski definition) is 4. The van der Waals surface area contributed by atoms with Crippen molar-refractivity contribution in [2.45, 2.75) is 24.8 Å². The maximum atomic E-state index is 12.0. The summed E-state index contributed by atoms with van der Waals surface area (Å²) in [5.74, 6) is 1.53. The zero-order valence-electron chi connectivity index (χ0n) is 11.4. The molecular formula is C13H24N2O2S. The van der Waals surface area contributed by atoms with E-state index in [0.29, 0.717) is 18.2 Å². The van der Waals surface area contributed by atoms with Gasteiger partial charge in [0.15, 0.2) is 0 Å². The molecular weight excluding hydrogens is 248 g/mol. The summed E-state index contributed by atoms with van der Waals surface area (Å²) in [6.45, 7) is 3.32. The number of ether oxygens (including phenoxy) is 1. The summed E-state index contributed by atoms with van der Waals surface area (Å²) in [6.07, 6.45) is 2.69. The Morgan fingerprint density at radius 1 is 1.44 bits per heavy atom. The maximum absolute atomic E-state index is 12.0. The molecule has 2 aliphatic rings. The SMILES string of the molecule is CN(C)C1(CN2CC(CS)CC2=O)CCOCC1. The second kappa shape index (κ2) is 5.80. The van der Waals surface area contributed by atoms with Gasteiger partial charge in [0.05, 0.1) is 0 Å². The molecule has 5 heteroatoms. The molecule has 4 nitrogen and oxygen atoms in total. The summed E-state index contributed by atoms with van der Waals surface area (Å²) in [5.41, 5.74) is 0.0966. The molecule has 0 aliphatic carbocycles. The van der Waals surface area contributed by atoms with Gasteiger partial charge in [-0.2, -0.15) is 12.6 Å². The van der Waals surface area contributed by atoms with E-state index in [0.717, 1.165) is 44.9 Å². The first kappa shape index (κ1) is 14.2. The first-order valence-corrected chi connectivity index (χ1v) is 7.34. The monoisotopic (exact) mass is 272 g/mol. The summed E-state index contributed by atoms with van der Waals surface area (Å²) >= 11 is 4.32. The van der Waals surface area contributed by atoms with Gasteiger partial charge in [-0.3, -0.25) is 4.79 Å². The summed E-state index contributed by atoms with van der Waals surface area (Å²) in [4.78, 5) is 16.3. The fourth-order valence-corrected chi connectivity index (χ4v) is 3.23. The van der Waals surface area contributed by atoms with Crippen LogP contribution in [0.4, 0.5) is 0 Å². The van der Waals surface area contributed by atoms with Crippen molar-refractivity contribution in [3.63, 3.8) is 0 Å². The summed E-state index contributed by atoms with van der Waals surface area (Å²) in [7, 11) is 4.23. The van der Waals surface area contributed by atoms with E-state index in [4.69, 9.17) is 4.74 Å². The quantitative estimate of drug-likeness (QED) is 0.771. The predicted molar refractivity (Wildman–Crippen MR) is 75.0 cm³/mol. The van der Waals surface area contributed by atoms with E-state index in [-0.39, 0.29) is 5.54 Å². The molecule has 2 fully saturated rings.